The summed E-state index contributed by atoms with van der Waals surface area (Å²) >= 11 is 0. The summed E-state index contributed by atoms with van der Waals surface area (Å²) in [6, 6.07) is 2.65. The highest BCUT2D eigenvalue weighted by molar-refractivity contribution is 5.96. The van der Waals surface area contributed by atoms with Crippen molar-refractivity contribution in [1.82, 2.24) is 15.5 Å². The maximum Gasteiger partial charge on any atom is 0.254 e. The molecule has 0 aliphatic rings. The van der Waals surface area contributed by atoms with Crippen molar-refractivity contribution in [1.29, 1.82) is 0 Å². The first-order chi connectivity index (χ1) is 10.6. The third kappa shape index (κ3) is 6.73. The fraction of sp³-hybridized carbons (Fsp3) is 0.500. The molecule has 0 radical (unpaired) electrons. The average molecular weight is 327 g/mol. The molecular weight excluding hydrogens is 304 g/mol. The summed E-state index contributed by atoms with van der Waals surface area (Å²) in [7, 11) is 3.89. The molecule has 0 fully saturated rings. The fourth-order valence-corrected chi connectivity index (χ4v) is 2.24. The van der Waals surface area contributed by atoms with Gasteiger partial charge >= 0.3 is 0 Å². The van der Waals surface area contributed by atoms with Gasteiger partial charge < -0.3 is 15.5 Å². The van der Waals surface area contributed by atoms with Crippen molar-refractivity contribution < 1.29 is 18.4 Å². The Morgan fingerprint density at radius 3 is 2.39 bits per heavy atom. The molecule has 0 aliphatic heterocycles. The zero-order valence-corrected chi connectivity index (χ0v) is 13.9. The van der Waals surface area contributed by atoms with Crippen LogP contribution < -0.4 is 10.6 Å². The van der Waals surface area contributed by atoms with E-state index in [-0.39, 0.29) is 23.4 Å². The third-order valence-electron chi connectivity index (χ3n) is 3.09. The van der Waals surface area contributed by atoms with Crippen LogP contribution in [-0.2, 0) is 4.79 Å². The number of hydrogen-bond acceptors (Lipinski definition) is 3. The second kappa shape index (κ2) is 8.01. The summed E-state index contributed by atoms with van der Waals surface area (Å²) in [6.45, 7) is 5.00. The van der Waals surface area contributed by atoms with Gasteiger partial charge in [-0.15, -0.1) is 0 Å². The summed E-state index contributed by atoms with van der Waals surface area (Å²) in [5.74, 6) is -2.85. The SMILES string of the molecule is CN(C)CC(C)(C)CNC(=O)CNC(=O)c1ccc(F)cc1F. The quantitative estimate of drug-likeness (QED) is 0.796. The summed E-state index contributed by atoms with van der Waals surface area (Å²) in [5, 5.41) is 5.04. The van der Waals surface area contributed by atoms with Gasteiger partial charge in [0, 0.05) is 19.2 Å². The molecule has 1 aromatic carbocycles. The van der Waals surface area contributed by atoms with Crippen LogP contribution in [0.15, 0.2) is 18.2 Å². The number of carbonyl (C=O) groups excluding carboxylic acids is 2. The van der Waals surface area contributed by atoms with E-state index in [1.807, 2.05) is 32.8 Å². The molecule has 2 N–H and O–H groups in total. The lowest BCUT2D eigenvalue weighted by atomic mass is 9.93. The number of hydrogen-bond donors (Lipinski definition) is 2. The van der Waals surface area contributed by atoms with E-state index in [2.05, 4.69) is 10.6 Å². The molecule has 0 bridgehead atoms. The highest BCUT2D eigenvalue weighted by atomic mass is 19.1. The Hall–Kier alpha value is -2.02. The zero-order chi connectivity index (χ0) is 17.6. The summed E-state index contributed by atoms with van der Waals surface area (Å²) in [5.41, 5.74) is -0.418. The Morgan fingerprint density at radius 1 is 1.17 bits per heavy atom. The summed E-state index contributed by atoms with van der Waals surface area (Å²) in [6.07, 6.45) is 0. The Bertz CT molecular complexity index is 574. The van der Waals surface area contributed by atoms with Crippen LogP contribution in [0.1, 0.15) is 24.2 Å². The van der Waals surface area contributed by atoms with Crippen molar-refractivity contribution in [3.63, 3.8) is 0 Å². The van der Waals surface area contributed by atoms with Gasteiger partial charge in [0.1, 0.15) is 11.6 Å². The normalized spacial score (nSPS) is 11.4. The largest absolute Gasteiger partial charge is 0.354 e. The average Bonchev–Trinajstić information content (AvgIpc) is 2.41. The molecule has 0 heterocycles. The van der Waals surface area contributed by atoms with Crippen LogP contribution in [-0.4, -0.2) is 50.4 Å². The molecule has 0 atom stereocenters. The Balaban J connectivity index is 2.45. The van der Waals surface area contributed by atoms with Crippen LogP contribution in [0.2, 0.25) is 0 Å². The van der Waals surface area contributed by atoms with Crippen molar-refractivity contribution in [3.05, 3.63) is 35.4 Å². The van der Waals surface area contributed by atoms with Crippen LogP contribution in [0.25, 0.3) is 0 Å². The lowest BCUT2D eigenvalue weighted by Crippen LogP contribution is -2.43. The highest BCUT2D eigenvalue weighted by Crippen LogP contribution is 2.14. The smallest absolute Gasteiger partial charge is 0.254 e. The van der Waals surface area contributed by atoms with Gasteiger partial charge in [0.05, 0.1) is 12.1 Å². The van der Waals surface area contributed by atoms with Crippen molar-refractivity contribution in [3.8, 4) is 0 Å². The molecule has 1 rings (SSSR count). The molecule has 0 saturated heterocycles. The van der Waals surface area contributed by atoms with Gasteiger partial charge in [-0.25, -0.2) is 8.78 Å². The van der Waals surface area contributed by atoms with Gasteiger partial charge in [-0.05, 0) is 31.6 Å². The van der Waals surface area contributed by atoms with Crippen LogP contribution in [0.5, 0.6) is 0 Å². The van der Waals surface area contributed by atoms with Gasteiger partial charge in [0.2, 0.25) is 5.91 Å². The first-order valence-electron chi connectivity index (χ1n) is 7.25. The minimum Gasteiger partial charge on any atom is -0.354 e. The number of nitrogens with one attached hydrogen (secondary N) is 2. The molecule has 0 unspecified atom stereocenters. The number of amides is 2. The van der Waals surface area contributed by atoms with Crippen molar-refractivity contribution in [2.24, 2.45) is 5.41 Å². The first kappa shape index (κ1) is 19.0. The maximum absolute atomic E-state index is 13.4. The van der Waals surface area contributed by atoms with Crippen LogP contribution in [0.4, 0.5) is 8.78 Å². The molecule has 0 spiro atoms. The zero-order valence-electron chi connectivity index (χ0n) is 13.9. The minimum atomic E-state index is -0.963. The van der Waals surface area contributed by atoms with E-state index in [9.17, 15) is 18.4 Å². The molecule has 2 amide bonds. The molecule has 23 heavy (non-hydrogen) atoms. The highest BCUT2D eigenvalue weighted by Gasteiger charge is 2.20. The summed E-state index contributed by atoms with van der Waals surface area (Å²) < 4.78 is 26.2. The molecule has 128 valence electrons. The second-order valence-electron chi connectivity index (χ2n) is 6.49. The van der Waals surface area contributed by atoms with E-state index in [0.29, 0.717) is 12.6 Å². The molecular formula is C16H23F2N3O2. The van der Waals surface area contributed by atoms with Crippen molar-refractivity contribution >= 4 is 11.8 Å². The predicted octanol–water partition coefficient (Wildman–Crippen LogP) is 1.40. The molecule has 1 aromatic rings. The van der Waals surface area contributed by atoms with E-state index < -0.39 is 17.5 Å². The van der Waals surface area contributed by atoms with Gasteiger partial charge in [-0.1, -0.05) is 13.8 Å². The number of rotatable bonds is 7. The first-order valence-corrected chi connectivity index (χ1v) is 7.25. The van der Waals surface area contributed by atoms with Gasteiger partial charge in [-0.3, -0.25) is 9.59 Å². The Kier molecular flexibility index (Phi) is 6.62. The number of nitrogens with zero attached hydrogens (tertiary/aromatic N) is 1. The van der Waals surface area contributed by atoms with Crippen molar-refractivity contribution in [2.75, 3.05) is 33.7 Å². The third-order valence-corrected chi connectivity index (χ3v) is 3.09. The van der Waals surface area contributed by atoms with Gasteiger partial charge in [0.15, 0.2) is 0 Å². The molecule has 7 heteroatoms. The maximum atomic E-state index is 13.4. The Labute approximate surface area is 135 Å². The summed E-state index contributed by atoms with van der Waals surface area (Å²) in [4.78, 5) is 25.5. The molecule has 0 aromatic heterocycles. The van der Waals surface area contributed by atoms with Crippen LogP contribution in [0.3, 0.4) is 0 Å². The monoisotopic (exact) mass is 327 g/mol. The topological polar surface area (TPSA) is 61.4 Å². The van der Waals surface area contributed by atoms with Crippen LogP contribution in [0, 0.1) is 17.0 Å². The number of halogens is 2. The predicted molar refractivity (Wildman–Crippen MR) is 84.0 cm³/mol. The molecule has 0 saturated carbocycles. The van der Waals surface area contributed by atoms with E-state index in [1.165, 1.54) is 0 Å². The fourth-order valence-electron chi connectivity index (χ4n) is 2.24. The Morgan fingerprint density at radius 2 is 1.83 bits per heavy atom. The van der Waals surface area contributed by atoms with Gasteiger partial charge in [-0.2, -0.15) is 0 Å². The van der Waals surface area contributed by atoms with E-state index in [0.717, 1.165) is 18.7 Å². The minimum absolute atomic E-state index is 0.119. The standard InChI is InChI=1S/C16H23F2N3O2/c1-16(2,10-21(3)4)9-20-14(22)8-19-15(23)12-6-5-11(17)7-13(12)18/h5-7H,8-10H2,1-4H3,(H,19,23)(H,20,22). The lowest BCUT2D eigenvalue weighted by molar-refractivity contribution is -0.120. The van der Waals surface area contributed by atoms with Crippen molar-refractivity contribution in [2.45, 2.75) is 13.8 Å². The number of benzene rings is 1. The van der Waals surface area contributed by atoms with Crippen LogP contribution >= 0.6 is 0 Å². The lowest BCUT2D eigenvalue weighted by Gasteiger charge is -2.28. The number of carbonyl (C=O) groups is 2. The molecule has 0 aliphatic carbocycles. The van der Waals surface area contributed by atoms with E-state index in [1.54, 1.807) is 0 Å². The second-order valence-corrected chi connectivity index (χ2v) is 6.49. The van der Waals surface area contributed by atoms with E-state index in [4.69, 9.17) is 0 Å². The van der Waals surface area contributed by atoms with Gasteiger partial charge in [0.25, 0.3) is 5.91 Å². The van der Waals surface area contributed by atoms with E-state index >= 15 is 0 Å². The molecule has 5 nitrogen and oxygen atoms in total.